The highest BCUT2D eigenvalue weighted by atomic mass is 16.5. The van der Waals surface area contributed by atoms with Gasteiger partial charge >= 0.3 is 0 Å². The van der Waals surface area contributed by atoms with Crippen LogP contribution in [0.15, 0.2) is 18.2 Å². The van der Waals surface area contributed by atoms with E-state index in [9.17, 15) is 9.90 Å². The van der Waals surface area contributed by atoms with E-state index >= 15 is 0 Å². The van der Waals surface area contributed by atoms with Crippen LogP contribution in [0.3, 0.4) is 0 Å². The number of rotatable bonds is 4. The van der Waals surface area contributed by atoms with E-state index in [2.05, 4.69) is 5.32 Å². The molecule has 2 N–H and O–H groups in total. The summed E-state index contributed by atoms with van der Waals surface area (Å²) in [4.78, 5) is 13.9. The van der Waals surface area contributed by atoms with Crippen molar-refractivity contribution in [1.82, 2.24) is 10.2 Å². The van der Waals surface area contributed by atoms with Crippen LogP contribution in [0, 0.1) is 0 Å². The number of nitrogens with one attached hydrogen (secondary N) is 1. The Balaban J connectivity index is 1.99. The lowest BCUT2D eigenvalue weighted by Crippen LogP contribution is -2.51. The first-order valence-corrected chi connectivity index (χ1v) is 6.54. The molecule has 0 aromatic heterocycles. The number of likely N-dealkylation sites (N-methyl/N-ethyl adjacent to an activating group) is 1. The minimum atomic E-state index is -0.284. The van der Waals surface area contributed by atoms with Crippen molar-refractivity contribution in [3.63, 3.8) is 0 Å². The van der Waals surface area contributed by atoms with Gasteiger partial charge in [-0.05, 0) is 17.7 Å². The summed E-state index contributed by atoms with van der Waals surface area (Å²) in [5, 5.41) is 12.7. The van der Waals surface area contributed by atoms with Crippen LogP contribution in [0.25, 0.3) is 0 Å². The zero-order valence-corrected chi connectivity index (χ0v) is 11.8. The summed E-state index contributed by atoms with van der Waals surface area (Å²) in [5.74, 6) is 0.492. The maximum Gasteiger partial charge on any atom is 0.242 e. The molecule has 1 aliphatic rings. The number of hydrogen-bond acceptors (Lipinski definition) is 5. The Labute approximate surface area is 118 Å². The molecule has 1 atom stereocenters. The van der Waals surface area contributed by atoms with Gasteiger partial charge in [0.05, 0.1) is 20.3 Å². The molecule has 20 heavy (non-hydrogen) atoms. The molecule has 0 aliphatic carbocycles. The van der Waals surface area contributed by atoms with Gasteiger partial charge in [0.15, 0.2) is 11.5 Å². The third kappa shape index (κ3) is 3.40. The first-order chi connectivity index (χ1) is 9.61. The van der Waals surface area contributed by atoms with Crippen molar-refractivity contribution < 1.29 is 19.4 Å². The van der Waals surface area contributed by atoms with Crippen molar-refractivity contribution in [2.24, 2.45) is 0 Å². The molecule has 0 saturated carbocycles. The zero-order chi connectivity index (χ0) is 14.5. The van der Waals surface area contributed by atoms with Crippen LogP contribution in [0.1, 0.15) is 5.56 Å². The number of phenolic OH excluding ortho intramolecular Hbond substituents is 1. The van der Waals surface area contributed by atoms with Crippen LogP contribution < -0.4 is 10.1 Å². The highest BCUT2D eigenvalue weighted by Crippen LogP contribution is 2.26. The fraction of sp³-hybridized carbons (Fsp3) is 0.500. The van der Waals surface area contributed by atoms with Gasteiger partial charge < -0.3 is 24.8 Å². The van der Waals surface area contributed by atoms with E-state index in [1.54, 1.807) is 30.1 Å². The Bertz CT molecular complexity index is 472. The van der Waals surface area contributed by atoms with Gasteiger partial charge in [-0.1, -0.05) is 6.07 Å². The average molecular weight is 280 g/mol. The van der Waals surface area contributed by atoms with Crippen molar-refractivity contribution in [3.8, 4) is 11.5 Å². The average Bonchev–Trinajstić information content (AvgIpc) is 2.49. The van der Waals surface area contributed by atoms with E-state index in [1.807, 2.05) is 0 Å². The highest BCUT2D eigenvalue weighted by molar-refractivity contribution is 5.81. The van der Waals surface area contributed by atoms with E-state index in [1.165, 1.54) is 7.11 Å². The Morgan fingerprint density at radius 3 is 3.05 bits per heavy atom. The number of ether oxygens (including phenoxy) is 2. The molecule has 0 spiro atoms. The number of benzene rings is 1. The number of hydrogen-bond donors (Lipinski definition) is 2. The number of morpholine rings is 1. The van der Waals surface area contributed by atoms with Crippen LogP contribution in [-0.2, 0) is 16.1 Å². The minimum Gasteiger partial charge on any atom is -0.504 e. The smallest absolute Gasteiger partial charge is 0.242 e. The van der Waals surface area contributed by atoms with E-state index in [0.29, 0.717) is 32.1 Å². The van der Waals surface area contributed by atoms with E-state index < -0.39 is 0 Å². The van der Waals surface area contributed by atoms with Gasteiger partial charge in [0.25, 0.3) is 0 Å². The molecular formula is C14H20N2O4. The molecule has 6 nitrogen and oxygen atoms in total. The van der Waals surface area contributed by atoms with Crippen molar-refractivity contribution in [1.29, 1.82) is 0 Å². The maximum absolute atomic E-state index is 12.2. The number of carbonyl (C=O) groups is 1. The third-order valence-corrected chi connectivity index (χ3v) is 3.26. The lowest BCUT2D eigenvalue weighted by atomic mass is 10.1. The molecule has 0 bridgehead atoms. The van der Waals surface area contributed by atoms with Gasteiger partial charge in [0, 0.05) is 20.1 Å². The molecule has 0 radical (unpaired) electrons. The van der Waals surface area contributed by atoms with Crippen molar-refractivity contribution in [2.45, 2.75) is 12.6 Å². The summed E-state index contributed by atoms with van der Waals surface area (Å²) in [7, 11) is 3.24. The summed E-state index contributed by atoms with van der Waals surface area (Å²) in [6.45, 7) is 2.19. The van der Waals surface area contributed by atoms with Crippen molar-refractivity contribution in [3.05, 3.63) is 23.8 Å². The summed E-state index contributed by atoms with van der Waals surface area (Å²) < 4.78 is 10.4. The fourth-order valence-corrected chi connectivity index (χ4v) is 2.16. The summed E-state index contributed by atoms with van der Waals surface area (Å²) in [5.41, 5.74) is 0.896. The second kappa shape index (κ2) is 6.58. The first-order valence-electron chi connectivity index (χ1n) is 6.54. The predicted octanol–water partition coefficient (Wildman–Crippen LogP) is 0.348. The van der Waals surface area contributed by atoms with Crippen LogP contribution in [0.2, 0.25) is 0 Å². The highest BCUT2D eigenvalue weighted by Gasteiger charge is 2.24. The number of phenols is 1. The molecule has 1 unspecified atom stereocenters. The summed E-state index contributed by atoms with van der Waals surface area (Å²) in [6, 6.07) is 4.78. The molecule has 1 heterocycles. The van der Waals surface area contributed by atoms with Gasteiger partial charge in [0.2, 0.25) is 5.91 Å². The number of aromatic hydroxyl groups is 1. The molecule has 1 saturated heterocycles. The van der Waals surface area contributed by atoms with Gasteiger partial charge in [0.1, 0.15) is 6.04 Å². The van der Waals surface area contributed by atoms with Crippen molar-refractivity contribution >= 4 is 5.91 Å². The molecule has 1 amide bonds. The third-order valence-electron chi connectivity index (χ3n) is 3.26. The standard InChI is InChI=1S/C14H20N2O4/c1-16(14(18)11-9-20-6-5-15-11)8-10-3-4-12(17)13(7-10)19-2/h3-4,7,11,15,17H,5-6,8-9H2,1-2H3. The zero-order valence-electron chi connectivity index (χ0n) is 11.8. The number of methoxy groups -OCH3 is 1. The Morgan fingerprint density at radius 1 is 1.60 bits per heavy atom. The topological polar surface area (TPSA) is 71.0 Å². The normalized spacial score (nSPS) is 18.6. The number of amides is 1. The molecule has 1 aliphatic heterocycles. The SMILES string of the molecule is COc1cc(CN(C)C(=O)C2COCCN2)ccc1O. The minimum absolute atomic E-state index is 0.00302. The molecule has 110 valence electrons. The molecule has 6 heteroatoms. The maximum atomic E-state index is 12.2. The van der Waals surface area contributed by atoms with E-state index in [0.717, 1.165) is 5.56 Å². The predicted molar refractivity (Wildman–Crippen MR) is 73.7 cm³/mol. The van der Waals surface area contributed by atoms with E-state index in [-0.39, 0.29) is 17.7 Å². The summed E-state index contributed by atoms with van der Waals surface area (Å²) in [6.07, 6.45) is 0. The van der Waals surface area contributed by atoms with E-state index in [4.69, 9.17) is 9.47 Å². The largest absolute Gasteiger partial charge is 0.504 e. The van der Waals surface area contributed by atoms with Crippen LogP contribution in [0.4, 0.5) is 0 Å². The Kier molecular flexibility index (Phi) is 4.81. The fourth-order valence-electron chi connectivity index (χ4n) is 2.16. The van der Waals surface area contributed by atoms with Crippen LogP contribution in [-0.4, -0.2) is 55.9 Å². The molecule has 1 aromatic rings. The second-order valence-corrected chi connectivity index (χ2v) is 4.78. The molecular weight excluding hydrogens is 260 g/mol. The van der Waals surface area contributed by atoms with Gasteiger partial charge in [-0.2, -0.15) is 0 Å². The lowest BCUT2D eigenvalue weighted by molar-refractivity contribution is -0.135. The van der Waals surface area contributed by atoms with Gasteiger partial charge in [-0.25, -0.2) is 0 Å². The molecule has 1 fully saturated rings. The van der Waals surface area contributed by atoms with Gasteiger partial charge in [-0.3, -0.25) is 4.79 Å². The Hall–Kier alpha value is -1.79. The van der Waals surface area contributed by atoms with Crippen LogP contribution >= 0.6 is 0 Å². The number of carbonyl (C=O) groups excluding carboxylic acids is 1. The molecule has 1 aromatic carbocycles. The second-order valence-electron chi connectivity index (χ2n) is 4.78. The number of nitrogens with zero attached hydrogens (tertiary/aromatic N) is 1. The Morgan fingerprint density at radius 2 is 2.40 bits per heavy atom. The quantitative estimate of drug-likeness (QED) is 0.832. The van der Waals surface area contributed by atoms with Crippen molar-refractivity contribution in [2.75, 3.05) is 33.9 Å². The lowest BCUT2D eigenvalue weighted by Gasteiger charge is -2.27. The summed E-state index contributed by atoms with van der Waals surface area (Å²) >= 11 is 0. The monoisotopic (exact) mass is 280 g/mol. The van der Waals surface area contributed by atoms with Gasteiger partial charge in [-0.15, -0.1) is 0 Å². The molecule has 2 rings (SSSR count). The first kappa shape index (κ1) is 14.6. The van der Waals surface area contributed by atoms with Crippen LogP contribution in [0.5, 0.6) is 11.5 Å².